The Balaban J connectivity index is 3.41. The Labute approximate surface area is 146 Å². The number of aliphatic imine (C=N–C) groups is 1. The molecule has 0 amide bonds. The number of rotatable bonds is 3. The van der Waals surface area contributed by atoms with Gasteiger partial charge >= 0.3 is 0 Å². The lowest BCUT2D eigenvalue weighted by molar-refractivity contribution is 0.108. The number of hydrogen-bond donors (Lipinski definition) is 0. The zero-order chi connectivity index (χ0) is 13.2. The number of nitrogens with zero attached hydrogens (tertiary/aromatic N) is 2. The second-order valence-electron chi connectivity index (χ2n) is 3.36. The molecule has 1 aromatic carbocycles. The standard InChI is InChI=1S/C10H8ClI3N2O/c1-16(2)4-15-9-6(13)3-5(12)7(8(9)14)10(11)17/h3-4H,1-2H3. The number of carbonyl (C=O) groups excluding carboxylic acids is 1. The first kappa shape index (κ1) is 15.9. The van der Waals surface area contributed by atoms with Crippen LogP contribution in [0.15, 0.2) is 11.1 Å². The van der Waals surface area contributed by atoms with E-state index in [9.17, 15) is 4.79 Å². The third-order valence-corrected chi connectivity index (χ3v) is 4.67. The molecule has 0 heterocycles. The van der Waals surface area contributed by atoms with Gasteiger partial charge in [-0.1, -0.05) is 0 Å². The van der Waals surface area contributed by atoms with Crippen LogP contribution in [0.25, 0.3) is 0 Å². The number of benzene rings is 1. The van der Waals surface area contributed by atoms with Crippen LogP contribution >= 0.6 is 79.4 Å². The minimum absolute atomic E-state index is 0.448. The van der Waals surface area contributed by atoms with Gasteiger partial charge in [-0.25, -0.2) is 4.99 Å². The Morgan fingerprint density at radius 3 is 2.41 bits per heavy atom. The molecule has 3 nitrogen and oxygen atoms in total. The van der Waals surface area contributed by atoms with E-state index in [1.54, 1.807) is 6.34 Å². The van der Waals surface area contributed by atoms with Crippen molar-refractivity contribution in [3.8, 4) is 0 Å². The van der Waals surface area contributed by atoms with Gasteiger partial charge in [-0.15, -0.1) is 0 Å². The Morgan fingerprint density at radius 1 is 1.35 bits per heavy atom. The molecule has 0 fully saturated rings. The summed E-state index contributed by atoms with van der Waals surface area (Å²) < 4.78 is 2.63. The molecule has 0 N–H and O–H groups in total. The van der Waals surface area contributed by atoms with E-state index in [2.05, 4.69) is 72.8 Å². The summed E-state index contributed by atoms with van der Waals surface area (Å²) in [5.74, 6) is 0. The summed E-state index contributed by atoms with van der Waals surface area (Å²) in [4.78, 5) is 17.6. The van der Waals surface area contributed by atoms with Crippen LogP contribution in [0.2, 0.25) is 0 Å². The van der Waals surface area contributed by atoms with Gasteiger partial charge in [0.2, 0.25) is 0 Å². The van der Waals surface area contributed by atoms with E-state index in [0.717, 1.165) is 16.4 Å². The molecule has 92 valence electrons. The largest absolute Gasteiger partial charge is 0.369 e. The summed E-state index contributed by atoms with van der Waals surface area (Å²) in [7, 11) is 3.78. The van der Waals surface area contributed by atoms with E-state index in [1.165, 1.54) is 0 Å². The number of carbonyl (C=O) groups is 1. The zero-order valence-electron chi connectivity index (χ0n) is 8.97. The highest BCUT2D eigenvalue weighted by Gasteiger charge is 2.17. The number of halogens is 4. The van der Waals surface area contributed by atoms with Crippen LogP contribution in [0.3, 0.4) is 0 Å². The average molecular weight is 588 g/mol. The van der Waals surface area contributed by atoms with Gasteiger partial charge in [0.05, 0.1) is 21.2 Å². The van der Waals surface area contributed by atoms with Gasteiger partial charge in [0.25, 0.3) is 5.24 Å². The molecule has 0 aromatic heterocycles. The van der Waals surface area contributed by atoms with E-state index in [-0.39, 0.29) is 0 Å². The highest BCUT2D eigenvalue weighted by molar-refractivity contribution is 14.1. The highest BCUT2D eigenvalue weighted by atomic mass is 127. The van der Waals surface area contributed by atoms with Crippen molar-refractivity contribution in [3.63, 3.8) is 0 Å². The summed E-state index contributed by atoms with van der Waals surface area (Å²) in [6, 6.07) is 1.90. The van der Waals surface area contributed by atoms with Crippen LogP contribution in [-0.2, 0) is 0 Å². The molecular formula is C10H8ClI3N2O. The lowest BCUT2D eigenvalue weighted by atomic mass is 10.2. The summed E-state index contributed by atoms with van der Waals surface area (Å²) >= 11 is 12.0. The molecule has 0 atom stereocenters. The SMILES string of the molecule is CN(C)C=Nc1c(I)cc(I)c(C(=O)Cl)c1I. The molecular weight excluding hydrogens is 580 g/mol. The van der Waals surface area contributed by atoms with Crippen LogP contribution in [0.5, 0.6) is 0 Å². The molecule has 0 saturated heterocycles. The van der Waals surface area contributed by atoms with Crippen molar-refractivity contribution < 1.29 is 4.79 Å². The lowest BCUT2D eigenvalue weighted by Crippen LogP contribution is -2.08. The van der Waals surface area contributed by atoms with Crippen LogP contribution < -0.4 is 0 Å². The van der Waals surface area contributed by atoms with Crippen molar-refractivity contribution in [1.29, 1.82) is 0 Å². The van der Waals surface area contributed by atoms with E-state index in [4.69, 9.17) is 11.6 Å². The van der Waals surface area contributed by atoms with Crippen molar-refractivity contribution in [2.24, 2.45) is 4.99 Å². The molecule has 1 aromatic rings. The summed E-state index contributed by atoms with van der Waals surface area (Å²) in [5.41, 5.74) is 1.31. The van der Waals surface area contributed by atoms with Crippen LogP contribution in [0.1, 0.15) is 10.4 Å². The zero-order valence-corrected chi connectivity index (χ0v) is 16.2. The van der Waals surface area contributed by atoms with Gasteiger partial charge in [-0.2, -0.15) is 0 Å². The van der Waals surface area contributed by atoms with Crippen molar-refractivity contribution >= 4 is 96.6 Å². The van der Waals surface area contributed by atoms with Crippen molar-refractivity contribution in [2.45, 2.75) is 0 Å². The van der Waals surface area contributed by atoms with Gasteiger partial charge in [0.1, 0.15) is 0 Å². The van der Waals surface area contributed by atoms with Crippen LogP contribution in [0, 0.1) is 10.7 Å². The van der Waals surface area contributed by atoms with Crippen molar-refractivity contribution in [1.82, 2.24) is 4.90 Å². The fourth-order valence-electron chi connectivity index (χ4n) is 1.05. The minimum atomic E-state index is -0.448. The first-order valence-electron chi connectivity index (χ1n) is 4.42. The maximum absolute atomic E-state index is 11.4. The Kier molecular flexibility index (Phi) is 6.40. The second kappa shape index (κ2) is 6.85. The van der Waals surface area contributed by atoms with Gasteiger partial charge in [0, 0.05) is 21.2 Å². The van der Waals surface area contributed by atoms with Crippen LogP contribution in [0.4, 0.5) is 5.69 Å². The maximum atomic E-state index is 11.4. The first-order chi connectivity index (χ1) is 7.84. The maximum Gasteiger partial charge on any atom is 0.254 e. The molecule has 0 spiro atoms. The smallest absolute Gasteiger partial charge is 0.254 e. The van der Waals surface area contributed by atoms with Crippen LogP contribution in [-0.4, -0.2) is 30.6 Å². The van der Waals surface area contributed by atoms with Crippen molar-refractivity contribution in [3.05, 3.63) is 22.3 Å². The topological polar surface area (TPSA) is 32.7 Å². The fraction of sp³-hybridized carbons (Fsp3) is 0.200. The van der Waals surface area contributed by atoms with E-state index < -0.39 is 5.24 Å². The molecule has 0 radical (unpaired) electrons. The Morgan fingerprint density at radius 2 is 1.94 bits per heavy atom. The fourth-order valence-corrected chi connectivity index (χ4v) is 5.71. The Hall–Kier alpha value is 0.840. The molecule has 1 rings (SSSR count). The van der Waals surface area contributed by atoms with Gasteiger partial charge in [0.15, 0.2) is 0 Å². The molecule has 0 bridgehead atoms. The molecule has 0 aliphatic rings. The first-order valence-corrected chi connectivity index (χ1v) is 8.04. The predicted octanol–water partition coefficient (Wildman–Crippen LogP) is 4.10. The summed E-state index contributed by atoms with van der Waals surface area (Å²) in [5, 5.41) is -0.448. The normalized spacial score (nSPS) is 10.9. The van der Waals surface area contributed by atoms with Gasteiger partial charge in [-0.3, -0.25) is 4.79 Å². The van der Waals surface area contributed by atoms with E-state index >= 15 is 0 Å². The second-order valence-corrected chi connectivity index (χ2v) is 7.11. The van der Waals surface area contributed by atoms with Gasteiger partial charge < -0.3 is 4.90 Å². The third kappa shape index (κ3) is 4.16. The molecule has 0 saturated carbocycles. The molecule has 0 aliphatic heterocycles. The van der Waals surface area contributed by atoms with Gasteiger partial charge in [-0.05, 0) is 85.4 Å². The molecule has 7 heteroatoms. The van der Waals surface area contributed by atoms with Crippen molar-refractivity contribution in [2.75, 3.05) is 14.1 Å². The average Bonchev–Trinajstić information content (AvgIpc) is 2.14. The molecule has 0 unspecified atom stereocenters. The lowest BCUT2D eigenvalue weighted by Gasteiger charge is -2.09. The summed E-state index contributed by atoms with van der Waals surface area (Å²) in [6.45, 7) is 0. The Bertz CT molecular complexity index is 489. The quantitative estimate of drug-likeness (QED) is 0.231. The van der Waals surface area contributed by atoms with E-state index in [1.807, 2.05) is 25.1 Å². The predicted molar refractivity (Wildman–Crippen MR) is 96.6 cm³/mol. The molecule has 0 aliphatic carbocycles. The monoisotopic (exact) mass is 588 g/mol. The molecule has 17 heavy (non-hydrogen) atoms. The summed E-state index contributed by atoms with van der Waals surface area (Å²) in [6.07, 6.45) is 1.70. The van der Waals surface area contributed by atoms with E-state index in [0.29, 0.717) is 5.56 Å². The third-order valence-electron chi connectivity index (χ3n) is 1.76. The highest BCUT2D eigenvalue weighted by Crippen LogP contribution is 2.34. The minimum Gasteiger partial charge on any atom is -0.369 e. The number of hydrogen-bond acceptors (Lipinski definition) is 2.